The lowest BCUT2D eigenvalue weighted by Crippen LogP contribution is -2.40. The zero-order chi connectivity index (χ0) is 22.4. The van der Waals surface area contributed by atoms with Gasteiger partial charge in [-0.05, 0) is 36.4 Å². The van der Waals surface area contributed by atoms with Gasteiger partial charge in [0.05, 0.1) is 39.7 Å². The van der Waals surface area contributed by atoms with E-state index in [-0.39, 0.29) is 36.2 Å². The van der Waals surface area contributed by atoms with Crippen molar-refractivity contribution in [2.45, 2.75) is 4.90 Å². The number of halogens is 1. The molecule has 0 unspecified atom stereocenters. The summed E-state index contributed by atoms with van der Waals surface area (Å²) >= 11 is 5.99. The second kappa shape index (κ2) is 10.2. The molecule has 0 aliphatic carbocycles. The van der Waals surface area contributed by atoms with Crippen LogP contribution in [0.25, 0.3) is 0 Å². The maximum Gasteiger partial charge on any atom is 0.246 e. The van der Waals surface area contributed by atoms with Crippen molar-refractivity contribution in [2.75, 3.05) is 57.7 Å². The third-order valence-electron chi connectivity index (χ3n) is 4.64. The Labute approximate surface area is 186 Å². The summed E-state index contributed by atoms with van der Waals surface area (Å²) in [5.74, 6) is 0.369. The number of benzene rings is 2. The molecule has 0 spiro atoms. The number of nitrogens with one attached hydrogen (secondary N) is 2. The topological polar surface area (TPSA) is 106 Å². The van der Waals surface area contributed by atoms with Crippen LogP contribution in [0.1, 0.15) is 0 Å². The number of sulfonamides is 1. The fourth-order valence-electron chi connectivity index (χ4n) is 3.08. The van der Waals surface area contributed by atoms with E-state index in [1.165, 1.54) is 30.7 Å². The van der Waals surface area contributed by atoms with Crippen LogP contribution in [0.4, 0.5) is 11.4 Å². The smallest absolute Gasteiger partial charge is 0.246 e. The van der Waals surface area contributed by atoms with Crippen LogP contribution < -0.4 is 20.1 Å². The standard InChI is InChI=1S/C20H24ClN3O6S/c1-28-17-5-3-14(21)11-16(17)22-13-20(25)23-15-4-6-18(29-2)19(12-15)31(26,27)24-7-9-30-10-8-24/h3-6,11-12,22H,7-10,13H2,1-2H3,(H,23,25). The normalized spacial score (nSPS) is 14.7. The third-order valence-corrected chi connectivity index (χ3v) is 6.79. The fraction of sp³-hybridized carbons (Fsp3) is 0.350. The molecule has 0 atom stereocenters. The number of anilines is 2. The first-order chi connectivity index (χ1) is 14.8. The zero-order valence-electron chi connectivity index (χ0n) is 17.2. The first-order valence-corrected chi connectivity index (χ1v) is 11.3. The Bertz CT molecular complexity index is 1040. The molecule has 9 nitrogen and oxygen atoms in total. The molecule has 3 rings (SSSR count). The molecule has 31 heavy (non-hydrogen) atoms. The molecule has 1 amide bonds. The summed E-state index contributed by atoms with van der Waals surface area (Å²) in [6, 6.07) is 9.50. The zero-order valence-corrected chi connectivity index (χ0v) is 18.8. The molecule has 2 aromatic carbocycles. The number of hydrogen-bond acceptors (Lipinski definition) is 7. The number of nitrogens with zero attached hydrogens (tertiary/aromatic N) is 1. The second-order valence-corrected chi connectivity index (χ2v) is 8.97. The summed E-state index contributed by atoms with van der Waals surface area (Å²) in [5, 5.41) is 6.15. The number of rotatable bonds is 8. The minimum absolute atomic E-state index is 0.0147. The summed E-state index contributed by atoms with van der Waals surface area (Å²) in [6.07, 6.45) is 0. The molecule has 11 heteroatoms. The van der Waals surface area contributed by atoms with Crippen molar-refractivity contribution in [1.82, 2.24) is 4.31 Å². The maximum atomic E-state index is 13.1. The van der Waals surface area contributed by atoms with Crippen LogP contribution in [0.5, 0.6) is 11.5 Å². The minimum atomic E-state index is -3.80. The molecule has 0 aromatic heterocycles. The molecule has 0 radical (unpaired) electrons. The van der Waals surface area contributed by atoms with Crippen LogP contribution in [0.2, 0.25) is 5.02 Å². The Kier molecular flexibility index (Phi) is 7.60. The van der Waals surface area contributed by atoms with E-state index in [1.807, 2.05) is 0 Å². The predicted octanol–water partition coefficient (Wildman–Crippen LogP) is 2.43. The average molecular weight is 470 g/mol. The molecule has 1 saturated heterocycles. The first-order valence-electron chi connectivity index (χ1n) is 9.48. The number of carbonyl (C=O) groups is 1. The van der Waals surface area contributed by atoms with Gasteiger partial charge >= 0.3 is 0 Å². The van der Waals surface area contributed by atoms with E-state index in [4.69, 9.17) is 25.8 Å². The second-order valence-electron chi connectivity index (χ2n) is 6.63. The first kappa shape index (κ1) is 23.1. The molecular formula is C20H24ClN3O6S. The number of hydrogen-bond donors (Lipinski definition) is 2. The number of morpholine rings is 1. The molecule has 1 aliphatic rings. The van der Waals surface area contributed by atoms with Crippen molar-refractivity contribution in [3.05, 3.63) is 41.4 Å². The minimum Gasteiger partial charge on any atom is -0.495 e. The Hall–Kier alpha value is -2.53. The van der Waals surface area contributed by atoms with E-state index >= 15 is 0 Å². The van der Waals surface area contributed by atoms with E-state index < -0.39 is 10.0 Å². The van der Waals surface area contributed by atoms with E-state index in [9.17, 15) is 13.2 Å². The van der Waals surface area contributed by atoms with Gasteiger partial charge in [-0.15, -0.1) is 0 Å². The molecule has 1 aliphatic heterocycles. The molecule has 168 valence electrons. The Morgan fingerprint density at radius 2 is 1.77 bits per heavy atom. The lowest BCUT2D eigenvalue weighted by atomic mass is 10.3. The van der Waals surface area contributed by atoms with Gasteiger partial charge in [0, 0.05) is 23.8 Å². The van der Waals surface area contributed by atoms with E-state index in [1.54, 1.807) is 24.3 Å². The highest BCUT2D eigenvalue weighted by atomic mass is 35.5. The summed E-state index contributed by atoms with van der Waals surface area (Å²) in [5.41, 5.74) is 0.896. The third kappa shape index (κ3) is 5.59. The van der Waals surface area contributed by atoms with E-state index in [0.717, 1.165) is 0 Å². The number of carbonyl (C=O) groups excluding carboxylic acids is 1. The summed E-state index contributed by atoms with van der Waals surface area (Å²) in [4.78, 5) is 12.4. The Balaban J connectivity index is 1.74. The van der Waals surface area contributed by atoms with Crippen LogP contribution in [0.3, 0.4) is 0 Å². The van der Waals surface area contributed by atoms with Gasteiger partial charge in [-0.3, -0.25) is 4.79 Å². The van der Waals surface area contributed by atoms with Gasteiger partial charge in [-0.25, -0.2) is 8.42 Å². The van der Waals surface area contributed by atoms with Crippen molar-refractivity contribution >= 4 is 38.9 Å². The van der Waals surface area contributed by atoms with Crippen LogP contribution in [-0.2, 0) is 19.6 Å². The van der Waals surface area contributed by atoms with Crippen molar-refractivity contribution < 1.29 is 27.4 Å². The number of amides is 1. The maximum absolute atomic E-state index is 13.1. The van der Waals surface area contributed by atoms with Gasteiger partial charge in [0.15, 0.2) is 0 Å². The lowest BCUT2D eigenvalue weighted by molar-refractivity contribution is -0.114. The largest absolute Gasteiger partial charge is 0.495 e. The van der Waals surface area contributed by atoms with Gasteiger partial charge < -0.3 is 24.8 Å². The molecule has 1 fully saturated rings. The van der Waals surface area contributed by atoms with Crippen molar-refractivity contribution in [3.63, 3.8) is 0 Å². The van der Waals surface area contributed by atoms with Crippen LogP contribution in [0, 0.1) is 0 Å². The Morgan fingerprint density at radius 1 is 1.10 bits per heavy atom. The number of methoxy groups -OCH3 is 2. The summed E-state index contributed by atoms with van der Waals surface area (Å²) < 4.78 is 43.2. The summed E-state index contributed by atoms with van der Waals surface area (Å²) in [6.45, 7) is 1.10. The molecule has 2 N–H and O–H groups in total. The molecule has 2 aromatic rings. The molecule has 0 saturated carbocycles. The van der Waals surface area contributed by atoms with Crippen molar-refractivity contribution in [1.29, 1.82) is 0 Å². The van der Waals surface area contributed by atoms with Crippen molar-refractivity contribution in [3.8, 4) is 11.5 Å². The highest BCUT2D eigenvalue weighted by molar-refractivity contribution is 7.89. The highest BCUT2D eigenvalue weighted by Gasteiger charge is 2.29. The summed E-state index contributed by atoms with van der Waals surface area (Å²) in [7, 11) is -0.889. The fourth-order valence-corrected chi connectivity index (χ4v) is 4.84. The van der Waals surface area contributed by atoms with Gasteiger partial charge in [0.1, 0.15) is 16.4 Å². The van der Waals surface area contributed by atoms with Gasteiger partial charge in [0.25, 0.3) is 0 Å². The van der Waals surface area contributed by atoms with E-state index in [2.05, 4.69) is 10.6 Å². The predicted molar refractivity (Wildman–Crippen MR) is 118 cm³/mol. The Morgan fingerprint density at radius 3 is 2.45 bits per heavy atom. The van der Waals surface area contributed by atoms with Gasteiger partial charge in [0.2, 0.25) is 15.9 Å². The molecule has 0 bridgehead atoms. The van der Waals surface area contributed by atoms with E-state index in [0.29, 0.717) is 35.4 Å². The molecular weight excluding hydrogens is 446 g/mol. The van der Waals surface area contributed by atoms with Crippen molar-refractivity contribution in [2.24, 2.45) is 0 Å². The van der Waals surface area contributed by atoms with Crippen LogP contribution in [-0.4, -0.2) is 65.7 Å². The lowest BCUT2D eigenvalue weighted by Gasteiger charge is -2.26. The van der Waals surface area contributed by atoms with Crippen LogP contribution >= 0.6 is 11.6 Å². The molecule has 1 heterocycles. The average Bonchev–Trinajstić information content (AvgIpc) is 2.78. The van der Waals surface area contributed by atoms with Gasteiger partial charge in [-0.2, -0.15) is 4.31 Å². The van der Waals surface area contributed by atoms with Crippen LogP contribution in [0.15, 0.2) is 41.3 Å². The monoisotopic (exact) mass is 469 g/mol. The highest BCUT2D eigenvalue weighted by Crippen LogP contribution is 2.30. The SMILES string of the molecule is COc1ccc(Cl)cc1NCC(=O)Nc1ccc(OC)c(S(=O)(=O)N2CCOCC2)c1. The quantitative estimate of drug-likeness (QED) is 0.611. The van der Waals surface area contributed by atoms with Gasteiger partial charge in [-0.1, -0.05) is 11.6 Å². The number of ether oxygens (including phenoxy) is 3.